The summed E-state index contributed by atoms with van der Waals surface area (Å²) in [4.78, 5) is 73.1. The Bertz CT molecular complexity index is 2070. The van der Waals surface area contributed by atoms with E-state index in [0.717, 1.165) is 115 Å². The van der Waals surface area contributed by atoms with Crippen molar-refractivity contribution in [3.63, 3.8) is 0 Å². The summed E-state index contributed by atoms with van der Waals surface area (Å²) in [5, 5.41) is 10.7. The average Bonchev–Trinajstić information content (AvgIpc) is 0.916. The minimum atomic E-state index is -4.97. The van der Waals surface area contributed by atoms with Crippen molar-refractivity contribution in [3.8, 4) is 0 Å². The van der Waals surface area contributed by atoms with Crippen LogP contribution in [-0.2, 0) is 65.4 Å². The summed E-state index contributed by atoms with van der Waals surface area (Å²) >= 11 is 0. The van der Waals surface area contributed by atoms with Crippen molar-refractivity contribution in [3.05, 3.63) is 24.3 Å². The van der Waals surface area contributed by atoms with E-state index >= 15 is 0 Å². The van der Waals surface area contributed by atoms with Crippen LogP contribution < -0.4 is 0 Å². The van der Waals surface area contributed by atoms with Gasteiger partial charge < -0.3 is 33.8 Å². The van der Waals surface area contributed by atoms with Crippen LogP contribution in [0.5, 0.6) is 0 Å². The molecule has 0 spiro atoms. The van der Waals surface area contributed by atoms with Crippen LogP contribution >= 0.6 is 15.6 Å². The lowest BCUT2D eigenvalue weighted by Gasteiger charge is -2.21. The molecule has 0 aromatic heterocycles. The van der Waals surface area contributed by atoms with Gasteiger partial charge in [-0.1, -0.05) is 368 Å². The van der Waals surface area contributed by atoms with Crippen molar-refractivity contribution in [2.75, 3.05) is 39.6 Å². The Labute approximate surface area is 631 Å². The van der Waals surface area contributed by atoms with E-state index in [2.05, 4.69) is 65.8 Å². The van der Waals surface area contributed by atoms with Crippen LogP contribution in [-0.4, -0.2) is 96.7 Å². The minimum absolute atomic E-state index is 0.0853. The lowest BCUT2D eigenvalue weighted by atomic mass is 9.99. The third kappa shape index (κ3) is 76.1. The fourth-order valence-electron chi connectivity index (χ4n) is 12.5. The molecule has 0 radical (unpaired) electrons. The maximum atomic E-state index is 13.1. The lowest BCUT2D eigenvalue weighted by Crippen LogP contribution is -2.30. The summed E-state index contributed by atoms with van der Waals surface area (Å²) in [6.07, 6.45) is 68.7. The number of ether oxygens (including phenoxy) is 4. The van der Waals surface area contributed by atoms with Gasteiger partial charge in [0.2, 0.25) is 0 Å². The Kier molecular flexibility index (Phi) is 73.2. The molecule has 0 aromatic carbocycles. The first-order chi connectivity index (χ1) is 49.9. The van der Waals surface area contributed by atoms with E-state index in [1.807, 2.05) is 0 Å². The Morgan fingerprint density at radius 2 is 0.573 bits per heavy atom. The molecule has 3 unspecified atom stereocenters. The van der Waals surface area contributed by atoms with Gasteiger partial charge in [-0.05, 0) is 63.2 Å². The largest absolute Gasteiger partial charge is 0.472 e. The van der Waals surface area contributed by atoms with E-state index in [4.69, 9.17) is 37.0 Å². The standard InChI is InChI=1S/C84H160O17P2/c1-7-10-12-14-16-18-20-21-26-32-38-44-50-56-62-68-83(88)100-79(72-94-81(86)66-60-54-48-42-19-17-15-13-11-8-2)74-98-102(90,91)96-70-78(85)71-97-103(92,93)99-75-80(73-95-82(87)67-61-55-49-43-37-34-29-30-35-40-46-52-58-64-76(4)5)101-84(89)69-63-57-51-45-39-33-28-25-23-22-24-27-31-36-41-47-53-59-65-77(6)9-3/h18,20-21,26,76-80,85H,7-17,19,22-25,27-75H2,1-6H3,(H,90,91)(H,92,93)/b20-18-,26-21-/t77?,78-,79+,80+/m0/s1. The van der Waals surface area contributed by atoms with Crippen LogP contribution in [0, 0.1) is 11.8 Å². The smallest absolute Gasteiger partial charge is 0.462 e. The molecule has 0 bridgehead atoms. The summed E-state index contributed by atoms with van der Waals surface area (Å²) < 4.78 is 68.7. The molecule has 3 N–H and O–H groups in total. The highest BCUT2D eigenvalue weighted by Gasteiger charge is 2.30. The Morgan fingerprint density at radius 3 is 0.874 bits per heavy atom. The van der Waals surface area contributed by atoms with Gasteiger partial charge in [0.1, 0.15) is 19.3 Å². The summed E-state index contributed by atoms with van der Waals surface area (Å²) in [5.74, 6) is -0.476. The van der Waals surface area contributed by atoms with E-state index < -0.39 is 97.5 Å². The van der Waals surface area contributed by atoms with Crippen molar-refractivity contribution in [2.24, 2.45) is 11.8 Å². The van der Waals surface area contributed by atoms with Gasteiger partial charge in [0.25, 0.3) is 0 Å². The van der Waals surface area contributed by atoms with Crippen molar-refractivity contribution in [1.82, 2.24) is 0 Å². The molecule has 0 aromatic rings. The maximum Gasteiger partial charge on any atom is 0.472 e. The number of carbonyl (C=O) groups excluding carboxylic acids is 4. The molecule has 103 heavy (non-hydrogen) atoms. The molecule has 0 aliphatic heterocycles. The first-order valence-corrected chi connectivity index (χ1v) is 45.8. The Hall–Kier alpha value is -2.46. The van der Waals surface area contributed by atoms with Crippen LogP contribution in [0.3, 0.4) is 0 Å². The van der Waals surface area contributed by atoms with Crippen LogP contribution in [0.2, 0.25) is 0 Å². The van der Waals surface area contributed by atoms with E-state index in [1.165, 1.54) is 225 Å². The van der Waals surface area contributed by atoms with Crippen LogP contribution in [0.4, 0.5) is 0 Å². The Balaban J connectivity index is 5.25. The fourth-order valence-corrected chi connectivity index (χ4v) is 14.1. The monoisotopic (exact) mass is 1500 g/mol. The van der Waals surface area contributed by atoms with Gasteiger partial charge in [-0.2, -0.15) is 0 Å². The van der Waals surface area contributed by atoms with Gasteiger partial charge in [0, 0.05) is 25.7 Å². The third-order valence-electron chi connectivity index (χ3n) is 19.4. The highest BCUT2D eigenvalue weighted by molar-refractivity contribution is 7.47. The summed E-state index contributed by atoms with van der Waals surface area (Å²) in [7, 11) is -9.94. The zero-order valence-electron chi connectivity index (χ0n) is 67.1. The van der Waals surface area contributed by atoms with E-state index in [0.29, 0.717) is 25.7 Å². The third-order valence-corrected chi connectivity index (χ3v) is 21.3. The Morgan fingerprint density at radius 1 is 0.320 bits per heavy atom. The quantitative estimate of drug-likeness (QED) is 0.0169. The topological polar surface area (TPSA) is 237 Å². The number of esters is 4. The SMILES string of the molecule is CCCCCC/C=C\C=C/CCCCCCCC(=O)O[C@H](COC(=O)CCCCCCCCCCCC)COP(=O)(O)OC[C@H](O)COP(=O)(O)OC[C@@H](COC(=O)CCCCCCCCCCCCCCCC(C)C)OC(=O)CCCCCCCCCCCCCCCCCCCCC(C)CC. The maximum absolute atomic E-state index is 13.1. The van der Waals surface area contributed by atoms with Crippen molar-refractivity contribution >= 4 is 39.5 Å². The second kappa shape index (κ2) is 75.0. The molecule has 0 amide bonds. The highest BCUT2D eigenvalue weighted by atomic mass is 31.2. The highest BCUT2D eigenvalue weighted by Crippen LogP contribution is 2.45. The number of aliphatic hydroxyl groups is 1. The van der Waals surface area contributed by atoms with Gasteiger partial charge in [-0.15, -0.1) is 0 Å². The van der Waals surface area contributed by atoms with Crippen molar-refractivity contribution < 1.29 is 80.2 Å². The number of phosphoric acid groups is 2. The molecule has 6 atom stereocenters. The fraction of sp³-hybridized carbons (Fsp3) is 0.905. The van der Waals surface area contributed by atoms with E-state index in [9.17, 15) is 43.2 Å². The minimum Gasteiger partial charge on any atom is -0.462 e. The first-order valence-electron chi connectivity index (χ1n) is 42.8. The molecule has 0 aliphatic carbocycles. The zero-order valence-corrected chi connectivity index (χ0v) is 68.9. The van der Waals surface area contributed by atoms with Gasteiger partial charge in [0.05, 0.1) is 26.4 Å². The average molecular weight is 1500 g/mol. The summed E-state index contributed by atoms with van der Waals surface area (Å²) in [6.45, 7) is 9.66. The molecular weight excluding hydrogens is 1340 g/mol. The first kappa shape index (κ1) is 101. The number of hydrogen-bond acceptors (Lipinski definition) is 15. The molecule has 17 nitrogen and oxygen atoms in total. The number of allylic oxidation sites excluding steroid dienone is 4. The number of carbonyl (C=O) groups is 4. The van der Waals surface area contributed by atoms with Gasteiger partial charge in [-0.25, -0.2) is 9.13 Å². The summed E-state index contributed by atoms with van der Waals surface area (Å²) in [6, 6.07) is 0. The zero-order chi connectivity index (χ0) is 75.6. The van der Waals surface area contributed by atoms with Crippen LogP contribution in [0.1, 0.15) is 420 Å². The lowest BCUT2D eigenvalue weighted by molar-refractivity contribution is -0.161. The molecule has 608 valence electrons. The number of unbranched alkanes of at least 4 members (excludes halogenated alkanes) is 47. The van der Waals surface area contributed by atoms with Crippen molar-refractivity contribution in [2.45, 2.75) is 439 Å². The molecule has 0 saturated heterocycles. The number of phosphoric ester groups is 2. The number of rotatable bonds is 81. The van der Waals surface area contributed by atoms with Crippen LogP contribution in [0.15, 0.2) is 24.3 Å². The van der Waals surface area contributed by atoms with Gasteiger partial charge in [-0.3, -0.25) is 37.3 Å². The number of hydrogen-bond donors (Lipinski definition) is 3. The van der Waals surface area contributed by atoms with E-state index in [-0.39, 0.29) is 25.7 Å². The summed E-state index contributed by atoms with van der Waals surface area (Å²) in [5.41, 5.74) is 0. The second-order valence-electron chi connectivity index (χ2n) is 30.3. The van der Waals surface area contributed by atoms with Crippen LogP contribution in [0.25, 0.3) is 0 Å². The predicted octanol–water partition coefficient (Wildman–Crippen LogP) is 25.0. The molecule has 0 aliphatic rings. The second-order valence-corrected chi connectivity index (χ2v) is 33.2. The van der Waals surface area contributed by atoms with Gasteiger partial charge >= 0.3 is 39.5 Å². The van der Waals surface area contributed by atoms with Gasteiger partial charge in [0.15, 0.2) is 12.2 Å². The molecule has 0 heterocycles. The molecule has 0 rings (SSSR count). The molecule has 0 fully saturated rings. The molecule has 19 heteroatoms. The van der Waals surface area contributed by atoms with Crippen molar-refractivity contribution in [1.29, 1.82) is 0 Å². The molecule has 0 saturated carbocycles. The molecular formula is C84H160O17P2. The normalized spacial score (nSPS) is 14.3. The predicted molar refractivity (Wildman–Crippen MR) is 423 cm³/mol. The number of aliphatic hydroxyl groups excluding tert-OH is 1. The van der Waals surface area contributed by atoms with E-state index in [1.54, 1.807) is 0 Å².